The molecule has 1 aromatic heterocycles. The predicted octanol–water partition coefficient (Wildman–Crippen LogP) is 3.98. The number of benzene rings is 2. The summed E-state index contributed by atoms with van der Waals surface area (Å²) in [6.45, 7) is 1.51. The second-order valence-electron chi connectivity index (χ2n) is 8.21. The molecule has 0 saturated carbocycles. The molecular formula is C26H29N3O3. The SMILES string of the molecule is COc1ccc(CCC(=O)N2CCCC(c3cncc(-c4ccc(CO)cc4)n3)C2)cc1. The second-order valence-corrected chi connectivity index (χ2v) is 8.21. The quantitative estimate of drug-likeness (QED) is 0.612. The van der Waals surface area contributed by atoms with E-state index in [1.54, 1.807) is 13.3 Å². The third-order valence-electron chi connectivity index (χ3n) is 6.06. The maximum absolute atomic E-state index is 12.9. The molecule has 0 spiro atoms. The van der Waals surface area contributed by atoms with Gasteiger partial charge in [-0.15, -0.1) is 0 Å². The summed E-state index contributed by atoms with van der Waals surface area (Å²) in [7, 11) is 1.65. The molecule has 6 heteroatoms. The number of aromatic nitrogens is 2. The lowest BCUT2D eigenvalue weighted by molar-refractivity contribution is -0.132. The summed E-state index contributed by atoms with van der Waals surface area (Å²) in [6.07, 6.45) is 6.78. The minimum atomic E-state index is 0.0242. The van der Waals surface area contributed by atoms with Gasteiger partial charge in [0, 0.05) is 37.2 Å². The van der Waals surface area contributed by atoms with Crippen molar-refractivity contribution in [2.75, 3.05) is 20.2 Å². The summed E-state index contributed by atoms with van der Waals surface area (Å²) in [5.41, 5.74) is 4.73. The number of ether oxygens (including phenoxy) is 1. The molecule has 6 nitrogen and oxygen atoms in total. The molecule has 1 unspecified atom stereocenters. The molecule has 2 aromatic carbocycles. The predicted molar refractivity (Wildman–Crippen MR) is 123 cm³/mol. The summed E-state index contributed by atoms with van der Waals surface area (Å²) < 4.78 is 5.19. The fourth-order valence-electron chi connectivity index (χ4n) is 4.14. The molecule has 1 saturated heterocycles. The van der Waals surface area contributed by atoms with E-state index in [4.69, 9.17) is 9.72 Å². The average molecular weight is 432 g/mol. The van der Waals surface area contributed by atoms with Gasteiger partial charge in [0.2, 0.25) is 5.91 Å². The van der Waals surface area contributed by atoms with Gasteiger partial charge in [0.1, 0.15) is 5.75 Å². The van der Waals surface area contributed by atoms with E-state index in [0.717, 1.165) is 59.6 Å². The topological polar surface area (TPSA) is 75.5 Å². The van der Waals surface area contributed by atoms with Gasteiger partial charge in [0.25, 0.3) is 0 Å². The Balaban J connectivity index is 1.39. The van der Waals surface area contributed by atoms with Gasteiger partial charge in [-0.05, 0) is 42.5 Å². The van der Waals surface area contributed by atoms with Crippen LogP contribution in [0.15, 0.2) is 60.9 Å². The van der Waals surface area contributed by atoms with Gasteiger partial charge in [0.05, 0.1) is 31.3 Å². The molecular weight excluding hydrogens is 402 g/mol. The molecule has 4 rings (SSSR count). The van der Waals surface area contributed by atoms with Crippen LogP contribution in [0.3, 0.4) is 0 Å². The largest absolute Gasteiger partial charge is 0.497 e. The van der Waals surface area contributed by atoms with Crippen LogP contribution in [0.2, 0.25) is 0 Å². The van der Waals surface area contributed by atoms with Crippen LogP contribution in [-0.4, -0.2) is 46.1 Å². The van der Waals surface area contributed by atoms with Crippen molar-refractivity contribution in [1.29, 1.82) is 0 Å². The van der Waals surface area contributed by atoms with Crippen LogP contribution in [-0.2, 0) is 17.8 Å². The van der Waals surface area contributed by atoms with E-state index >= 15 is 0 Å². The third kappa shape index (κ3) is 5.32. The van der Waals surface area contributed by atoms with Crippen LogP contribution in [0, 0.1) is 0 Å². The van der Waals surface area contributed by atoms with Gasteiger partial charge in [-0.3, -0.25) is 9.78 Å². The molecule has 0 radical (unpaired) electrons. The zero-order chi connectivity index (χ0) is 22.3. The van der Waals surface area contributed by atoms with E-state index in [-0.39, 0.29) is 18.4 Å². The first-order valence-electron chi connectivity index (χ1n) is 11.1. The molecule has 1 fully saturated rings. The molecule has 1 amide bonds. The number of piperidine rings is 1. The lowest BCUT2D eigenvalue weighted by Crippen LogP contribution is -2.39. The number of hydrogen-bond donors (Lipinski definition) is 1. The number of carbonyl (C=O) groups is 1. The van der Waals surface area contributed by atoms with E-state index in [9.17, 15) is 9.90 Å². The molecule has 1 aliphatic rings. The van der Waals surface area contributed by atoms with Crippen LogP contribution in [0.25, 0.3) is 11.3 Å². The summed E-state index contributed by atoms with van der Waals surface area (Å²) >= 11 is 0. The zero-order valence-electron chi connectivity index (χ0n) is 18.4. The maximum atomic E-state index is 12.9. The molecule has 32 heavy (non-hydrogen) atoms. The Morgan fingerprint density at radius 3 is 2.56 bits per heavy atom. The van der Waals surface area contributed by atoms with Crippen molar-refractivity contribution >= 4 is 5.91 Å². The third-order valence-corrected chi connectivity index (χ3v) is 6.06. The Morgan fingerprint density at radius 2 is 1.84 bits per heavy atom. The summed E-state index contributed by atoms with van der Waals surface area (Å²) in [5, 5.41) is 9.24. The minimum Gasteiger partial charge on any atom is -0.497 e. The van der Waals surface area contributed by atoms with Crippen molar-refractivity contribution in [2.24, 2.45) is 0 Å². The highest BCUT2D eigenvalue weighted by molar-refractivity contribution is 5.76. The highest BCUT2D eigenvalue weighted by Crippen LogP contribution is 2.27. The maximum Gasteiger partial charge on any atom is 0.222 e. The summed E-state index contributed by atoms with van der Waals surface area (Å²) in [5.74, 6) is 1.21. The zero-order valence-corrected chi connectivity index (χ0v) is 18.4. The van der Waals surface area contributed by atoms with Crippen LogP contribution < -0.4 is 4.74 Å². The lowest BCUT2D eigenvalue weighted by atomic mass is 9.94. The number of methoxy groups -OCH3 is 1. The highest BCUT2D eigenvalue weighted by atomic mass is 16.5. The fourth-order valence-corrected chi connectivity index (χ4v) is 4.14. The molecule has 2 heterocycles. The molecule has 0 bridgehead atoms. The summed E-state index contributed by atoms with van der Waals surface area (Å²) in [6, 6.07) is 15.6. The van der Waals surface area contributed by atoms with Gasteiger partial charge in [-0.1, -0.05) is 36.4 Å². The number of aryl methyl sites for hydroxylation is 1. The molecule has 166 valence electrons. The van der Waals surface area contributed by atoms with Crippen molar-refractivity contribution in [2.45, 2.75) is 38.2 Å². The number of likely N-dealkylation sites (tertiary alicyclic amines) is 1. The minimum absolute atomic E-state index is 0.0242. The Hall–Kier alpha value is -3.25. The van der Waals surface area contributed by atoms with Crippen molar-refractivity contribution in [3.05, 3.63) is 77.7 Å². The molecule has 1 N–H and O–H groups in total. The molecule has 0 aliphatic carbocycles. The van der Waals surface area contributed by atoms with Gasteiger partial charge >= 0.3 is 0 Å². The van der Waals surface area contributed by atoms with E-state index in [2.05, 4.69) is 4.98 Å². The number of aliphatic hydroxyl groups is 1. The lowest BCUT2D eigenvalue weighted by Gasteiger charge is -2.32. The Kier molecular flexibility index (Phi) is 7.12. The number of rotatable bonds is 7. The van der Waals surface area contributed by atoms with Crippen LogP contribution in [0.1, 0.15) is 42.0 Å². The first kappa shape index (κ1) is 22.0. The summed E-state index contributed by atoms with van der Waals surface area (Å²) in [4.78, 5) is 24.1. The van der Waals surface area contributed by atoms with E-state index in [1.807, 2.05) is 59.6 Å². The molecule has 1 atom stereocenters. The van der Waals surface area contributed by atoms with Crippen LogP contribution >= 0.6 is 0 Å². The second kappa shape index (κ2) is 10.4. The Morgan fingerprint density at radius 1 is 1.09 bits per heavy atom. The van der Waals surface area contributed by atoms with Gasteiger partial charge < -0.3 is 14.7 Å². The average Bonchev–Trinajstić information content (AvgIpc) is 2.87. The Bertz CT molecular complexity index is 1030. The monoisotopic (exact) mass is 431 g/mol. The molecule has 3 aromatic rings. The van der Waals surface area contributed by atoms with E-state index in [1.165, 1.54) is 0 Å². The van der Waals surface area contributed by atoms with Crippen molar-refractivity contribution in [1.82, 2.24) is 14.9 Å². The number of carbonyl (C=O) groups excluding carboxylic acids is 1. The Labute approximate surface area is 188 Å². The van der Waals surface area contributed by atoms with E-state index < -0.39 is 0 Å². The highest BCUT2D eigenvalue weighted by Gasteiger charge is 2.26. The number of amides is 1. The van der Waals surface area contributed by atoms with E-state index in [0.29, 0.717) is 13.0 Å². The first-order valence-corrected chi connectivity index (χ1v) is 11.1. The fraction of sp³-hybridized carbons (Fsp3) is 0.346. The van der Waals surface area contributed by atoms with Crippen LogP contribution in [0.4, 0.5) is 0 Å². The van der Waals surface area contributed by atoms with Gasteiger partial charge in [-0.25, -0.2) is 4.98 Å². The van der Waals surface area contributed by atoms with Crippen molar-refractivity contribution < 1.29 is 14.6 Å². The smallest absolute Gasteiger partial charge is 0.222 e. The van der Waals surface area contributed by atoms with Crippen LogP contribution in [0.5, 0.6) is 5.75 Å². The van der Waals surface area contributed by atoms with Crippen molar-refractivity contribution in [3.8, 4) is 17.0 Å². The molecule has 1 aliphatic heterocycles. The van der Waals surface area contributed by atoms with Crippen molar-refractivity contribution in [3.63, 3.8) is 0 Å². The number of aliphatic hydroxyl groups excluding tert-OH is 1. The standard InChI is InChI=1S/C26H29N3O3/c1-32-23-11-6-19(7-12-23)8-13-26(31)29-14-2-3-22(17-29)25-16-27-15-24(28-25)21-9-4-20(18-30)5-10-21/h4-7,9-12,15-16,22,30H,2-3,8,13-14,17-18H2,1H3. The number of nitrogens with zero attached hydrogens (tertiary/aromatic N) is 3. The van der Waals surface area contributed by atoms with Gasteiger partial charge in [0.15, 0.2) is 0 Å². The van der Waals surface area contributed by atoms with Gasteiger partial charge in [-0.2, -0.15) is 0 Å². The normalized spacial score (nSPS) is 16.1. The first-order chi connectivity index (χ1) is 15.7. The number of hydrogen-bond acceptors (Lipinski definition) is 5.